The number of methoxy groups -OCH3 is 1. The molecule has 29 heteroatoms. The highest BCUT2D eigenvalue weighted by atomic mass is 19.4. The summed E-state index contributed by atoms with van der Waals surface area (Å²) >= 11 is 0. The lowest BCUT2D eigenvalue weighted by Gasteiger charge is -2.22. The van der Waals surface area contributed by atoms with Crippen LogP contribution in [0.5, 0.6) is 28.7 Å². The number of halogens is 13. The van der Waals surface area contributed by atoms with Crippen LogP contribution in [-0.4, -0.2) is 135 Å². The minimum atomic E-state index is -4.60. The molecule has 0 saturated heterocycles. The van der Waals surface area contributed by atoms with Crippen molar-refractivity contribution < 1.29 is 76.0 Å². The first-order chi connectivity index (χ1) is 53.3. The monoisotopic (exact) mass is 1600 g/mol. The van der Waals surface area contributed by atoms with Gasteiger partial charge in [-0.3, -0.25) is 20.4 Å². The molecule has 0 aliphatic heterocycles. The van der Waals surface area contributed by atoms with Crippen molar-refractivity contribution in [1.82, 2.24) is 60.4 Å². The van der Waals surface area contributed by atoms with E-state index in [0.717, 1.165) is 118 Å². The molecule has 4 N–H and O–H groups in total. The first-order valence-corrected chi connectivity index (χ1v) is 38.3. The predicted molar refractivity (Wildman–Crippen MR) is 418 cm³/mol. The zero-order chi connectivity index (χ0) is 83.7. The summed E-state index contributed by atoms with van der Waals surface area (Å²) in [6, 6.07) is 16.4. The largest absolute Gasteiger partial charge is 0.496 e. The van der Waals surface area contributed by atoms with Crippen molar-refractivity contribution >= 4 is 0 Å². The molecule has 16 nitrogen and oxygen atoms in total. The number of nitrogens with one attached hydrogen (secondary N) is 4. The Morgan fingerprint density at radius 3 is 1.32 bits per heavy atom. The Bertz CT molecular complexity index is 4370. The molecule has 4 aromatic heterocycles. The van der Waals surface area contributed by atoms with Gasteiger partial charge in [-0.2, -0.15) is 73.1 Å². The van der Waals surface area contributed by atoms with Crippen LogP contribution in [0.1, 0.15) is 187 Å². The summed E-state index contributed by atoms with van der Waals surface area (Å²) in [5.41, 5.74) is 5.51. The van der Waals surface area contributed by atoms with E-state index in [-0.39, 0.29) is 41.3 Å². The number of rotatable bonds is 34. The van der Waals surface area contributed by atoms with Crippen molar-refractivity contribution in [2.24, 2.45) is 5.92 Å². The topological polar surface area (TPSA) is 165 Å². The van der Waals surface area contributed by atoms with Gasteiger partial charge in [0.15, 0.2) is 11.6 Å². The maximum atomic E-state index is 14.9. The molecule has 0 fully saturated rings. The summed E-state index contributed by atoms with van der Waals surface area (Å²) in [4.78, 5) is 8.44. The quantitative estimate of drug-likeness (QED) is 0.0283. The maximum Gasteiger partial charge on any atom is 0.419 e. The Hall–Kier alpha value is -8.93. The number of aromatic nitrogens is 8. The van der Waals surface area contributed by atoms with E-state index in [1.165, 1.54) is 31.5 Å². The molecule has 0 saturated carbocycles. The molecule has 0 spiro atoms. The van der Waals surface area contributed by atoms with E-state index in [0.29, 0.717) is 113 Å². The van der Waals surface area contributed by atoms with Crippen LogP contribution in [0.3, 0.4) is 0 Å². The third kappa shape index (κ3) is 27.1. The number of para-hydroxylation sites is 1. The second-order valence-electron chi connectivity index (χ2n) is 29.2. The van der Waals surface area contributed by atoms with Crippen LogP contribution < -0.4 is 18.9 Å². The first-order valence-electron chi connectivity index (χ1n) is 38.3. The smallest absolute Gasteiger partial charge is 0.419 e. The lowest BCUT2D eigenvalue weighted by molar-refractivity contribution is -0.139. The van der Waals surface area contributed by atoms with E-state index >= 15 is 0 Å². The van der Waals surface area contributed by atoms with Crippen molar-refractivity contribution in [3.63, 3.8) is 0 Å². The number of H-pyrrole nitrogens is 4. The van der Waals surface area contributed by atoms with Gasteiger partial charge < -0.3 is 38.5 Å². The summed E-state index contributed by atoms with van der Waals surface area (Å²) in [6.07, 6.45) is -2.70. The molecule has 0 radical (unpaired) electrons. The normalized spacial score (nSPS) is 12.1. The van der Waals surface area contributed by atoms with E-state index in [1.54, 1.807) is 77.5 Å². The summed E-state index contributed by atoms with van der Waals surface area (Å²) in [7, 11) is 9.37. The van der Waals surface area contributed by atoms with Crippen molar-refractivity contribution in [3.8, 4) is 73.5 Å². The minimum absolute atomic E-state index is 0.0890. The van der Waals surface area contributed by atoms with Gasteiger partial charge in [-0.15, -0.1) is 0 Å². The molecule has 5 aromatic carbocycles. The van der Waals surface area contributed by atoms with Crippen LogP contribution in [0, 0.1) is 32.5 Å². The highest BCUT2D eigenvalue weighted by Gasteiger charge is 2.39. The van der Waals surface area contributed by atoms with E-state index in [9.17, 15) is 57.1 Å². The number of alkyl halides is 12. The Balaban J connectivity index is 0.000000235. The van der Waals surface area contributed by atoms with Gasteiger partial charge in [-0.1, -0.05) is 92.3 Å². The Morgan fingerprint density at radius 1 is 0.434 bits per heavy atom. The third-order valence-corrected chi connectivity index (χ3v) is 18.6. The Kier molecular flexibility index (Phi) is 35.3. The van der Waals surface area contributed by atoms with Crippen LogP contribution in [0.2, 0.25) is 0 Å². The van der Waals surface area contributed by atoms with Crippen molar-refractivity contribution in [2.45, 2.75) is 204 Å². The van der Waals surface area contributed by atoms with E-state index in [4.69, 9.17) is 18.9 Å². The zero-order valence-electron chi connectivity index (χ0n) is 68.0. The van der Waals surface area contributed by atoms with Gasteiger partial charge in [0.2, 0.25) is 0 Å². The molecule has 622 valence electrons. The molecular weight excluding hydrogens is 1490 g/mol. The molecular formula is C84H111F13N12O4. The van der Waals surface area contributed by atoms with E-state index in [2.05, 4.69) is 83.2 Å². The first kappa shape index (κ1) is 92.9. The number of aromatic amines is 4. The molecule has 0 amide bonds. The number of unbranched alkanes of at least 4 members (excludes halogenated alkanes) is 4. The minimum Gasteiger partial charge on any atom is -0.496 e. The van der Waals surface area contributed by atoms with Crippen molar-refractivity contribution in [3.05, 3.63) is 170 Å². The maximum absolute atomic E-state index is 14.9. The van der Waals surface area contributed by atoms with Gasteiger partial charge in [0.25, 0.3) is 0 Å². The van der Waals surface area contributed by atoms with Crippen molar-refractivity contribution in [1.29, 1.82) is 0 Å². The third-order valence-electron chi connectivity index (χ3n) is 18.6. The van der Waals surface area contributed by atoms with Gasteiger partial charge in [0, 0.05) is 70.7 Å². The molecule has 9 rings (SSSR count). The fraction of sp³-hybridized carbons (Fsp3) is 0.500. The predicted octanol–water partition coefficient (Wildman–Crippen LogP) is 22.9. The average Bonchev–Trinajstić information content (AvgIpc) is 1.76. The average molecular weight is 1600 g/mol. The van der Waals surface area contributed by atoms with Crippen LogP contribution in [0.25, 0.3) is 44.8 Å². The fourth-order valence-corrected chi connectivity index (χ4v) is 12.5. The SMILES string of the molecule is CCCCN(C)Cc1[nH]ncc1-c1cc(C(F)(F)F)c(OC(C)C)c(C)c1C.CCCCN(C)Cc1[nH]ncc1-c1cc(C(F)(F)F)cc(OCCC)c1F.CCCCN(C)Cc1cn[nH]c1-c1cc(C(F)(F)F)c(CC(C)C)cc1OC.CCCCN(C)Cc1cn[nH]c1-c1cc(C(F)(F)F)cc(Oc2ccccc2)c1C. The second kappa shape index (κ2) is 43.0. The second-order valence-corrected chi connectivity index (χ2v) is 29.2. The van der Waals surface area contributed by atoms with Crippen LogP contribution in [0.4, 0.5) is 57.1 Å². The van der Waals surface area contributed by atoms with Gasteiger partial charge in [0.05, 0.1) is 89.6 Å². The molecule has 0 unspecified atom stereocenters. The van der Waals surface area contributed by atoms with Crippen LogP contribution >= 0.6 is 0 Å². The molecule has 0 atom stereocenters. The van der Waals surface area contributed by atoms with Crippen LogP contribution in [0.15, 0.2) is 97.6 Å². The van der Waals surface area contributed by atoms with E-state index in [1.807, 2.05) is 59.9 Å². The lowest BCUT2D eigenvalue weighted by atomic mass is 9.93. The lowest BCUT2D eigenvalue weighted by Crippen LogP contribution is -2.19. The molecule has 0 aliphatic rings. The standard InChI is InChI=1S/C23H26F3N3O.2C21H30F3N3O.C19H25F4N3O/c1-4-5-11-29(3)15-17-14-27-28-22(17)20-12-18(23(24,25)26)13-21(16(20)2)30-19-9-7-6-8-10-19;1-7-8-9-27(6)12-19-17(11-25-26-19)16-10-18(21(22,23)24)20(28-13(2)3)15(5)14(16)4;1-6-7-8-27(4)13-16-12-25-26-20(16)17-11-18(21(22,23)24)15(9-14(2)3)10-19(17)28-5;1-4-6-7-26(3)12-16-15(11-24-25-16)14-9-13(19(21,22)23)10-17(18(14)20)27-8-5-2/h6-10,12-14H,4-5,11,15H2,1-3H3,(H,27,28);10-11,13H,7-9,12H2,1-6H3,(H,25,26);10-12,14H,6-9,13H2,1-5H3,(H,25,26);9-11H,4-8,12H2,1-3H3,(H,24,25). The van der Waals surface area contributed by atoms with Gasteiger partial charge in [-0.05, 0) is 210 Å². The number of nitrogens with zero attached hydrogens (tertiary/aromatic N) is 8. The Labute approximate surface area is 655 Å². The highest BCUT2D eigenvalue weighted by molar-refractivity contribution is 5.75. The summed E-state index contributed by atoms with van der Waals surface area (Å²) in [6.45, 7) is 28.7. The highest BCUT2D eigenvalue weighted by Crippen LogP contribution is 2.47. The molecule has 0 aliphatic carbocycles. The number of ether oxygens (including phenoxy) is 4. The molecule has 113 heavy (non-hydrogen) atoms. The van der Waals surface area contributed by atoms with Crippen molar-refractivity contribution in [2.75, 3.05) is 68.1 Å². The molecule has 9 aromatic rings. The Morgan fingerprint density at radius 2 is 0.876 bits per heavy atom. The van der Waals surface area contributed by atoms with Gasteiger partial charge in [0.1, 0.15) is 23.0 Å². The molecule has 0 bridgehead atoms. The van der Waals surface area contributed by atoms with Gasteiger partial charge >= 0.3 is 24.7 Å². The zero-order valence-corrected chi connectivity index (χ0v) is 68.0. The number of benzene rings is 5. The summed E-state index contributed by atoms with van der Waals surface area (Å²) in [5, 5.41) is 27.7. The number of hydrogen-bond donors (Lipinski definition) is 4. The van der Waals surface area contributed by atoms with Crippen LogP contribution in [-0.2, 0) is 57.3 Å². The fourth-order valence-electron chi connectivity index (χ4n) is 12.5. The summed E-state index contributed by atoms with van der Waals surface area (Å²) in [5.74, 6) is -0.116. The van der Waals surface area contributed by atoms with E-state index < -0.39 is 58.5 Å². The number of hydrogen-bond acceptors (Lipinski definition) is 12. The molecule has 4 heterocycles. The summed E-state index contributed by atoms with van der Waals surface area (Å²) < 4.78 is 200. The van der Waals surface area contributed by atoms with Gasteiger partial charge in [-0.25, -0.2) is 4.39 Å².